The van der Waals surface area contributed by atoms with Crippen molar-refractivity contribution in [3.8, 4) is 11.1 Å². The molecule has 3 heteroatoms. The summed E-state index contributed by atoms with van der Waals surface area (Å²) in [6.07, 6.45) is 3.44. The van der Waals surface area contributed by atoms with Gasteiger partial charge in [-0.05, 0) is 127 Å². The van der Waals surface area contributed by atoms with Crippen molar-refractivity contribution in [2.45, 2.75) is 47.5 Å². The lowest BCUT2D eigenvalue weighted by atomic mass is 9.77. The Kier molecular flexibility index (Phi) is 8.37. The molecule has 0 aliphatic heterocycles. The van der Waals surface area contributed by atoms with Gasteiger partial charge in [0.25, 0.3) is 0 Å². The van der Waals surface area contributed by atoms with Crippen molar-refractivity contribution in [1.82, 2.24) is 9.97 Å². The van der Waals surface area contributed by atoms with Gasteiger partial charge in [0.2, 0.25) is 0 Å². The molecule has 1 heterocycles. The molecule has 0 fully saturated rings. The van der Waals surface area contributed by atoms with Crippen LogP contribution < -0.4 is 4.90 Å². The van der Waals surface area contributed by atoms with Crippen molar-refractivity contribution >= 4 is 28.0 Å². The zero-order valence-corrected chi connectivity index (χ0v) is 28.6. The molecule has 7 rings (SSSR count). The third kappa shape index (κ3) is 5.89. The standard InChI is InChI=1S/C45H41N3/c1-29-22-31(3)43(32(4)23-29)45(44-33(5)24-30(2)25-34(44)6)36-16-18-39(19-17-36)48(42-20-21-46-28-47-42)41-27-38-15-11-10-14-37(38)26-40(41)35-12-8-7-9-13-35/h7-28,45H,1-6H3. The van der Waals surface area contributed by atoms with Gasteiger partial charge in [0.15, 0.2) is 0 Å². The fourth-order valence-electron chi connectivity index (χ4n) is 7.66. The molecule has 0 saturated heterocycles. The molecular formula is C45H41N3. The first-order valence-electron chi connectivity index (χ1n) is 16.7. The van der Waals surface area contributed by atoms with Crippen LogP contribution in [0.3, 0.4) is 0 Å². The van der Waals surface area contributed by atoms with E-state index in [1.54, 1.807) is 6.33 Å². The number of anilines is 3. The van der Waals surface area contributed by atoms with Gasteiger partial charge in [0.05, 0.1) is 5.69 Å². The van der Waals surface area contributed by atoms with Crippen LogP contribution in [0, 0.1) is 41.5 Å². The van der Waals surface area contributed by atoms with Gasteiger partial charge >= 0.3 is 0 Å². The van der Waals surface area contributed by atoms with Crippen LogP contribution in [-0.2, 0) is 0 Å². The molecular weight excluding hydrogens is 583 g/mol. The Labute approximate surface area is 284 Å². The van der Waals surface area contributed by atoms with E-state index in [0.29, 0.717) is 0 Å². The van der Waals surface area contributed by atoms with E-state index in [1.165, 1.54) is 60.8 Å². The summed E-state index contributed by atoms with van der Waals surface area (Å²) in [7, 11) is 0. The summed E-state index contributed by atoms with van der Waals surface area (Å²) in [5.41, 5.74) is 16.4. The van der Waals surface area contributed by atoms with Gasteiger partial charge in [0.1, 0.15) is 12.1 Å². The minimum absolute atomic E-state index is 0.105. The Morgan fingerprint density at radius 1 is 0.542 bits per heavy atom. The highest BCUT2D eigenvalue weighted by atomic mass is 15.2. The van der Waals surface area contributed by atoms with Gasteiger partial charge in [-0.3, -0.25) is 4.90 Å². The van der Waals surface area contributed by atoms with Crippen molar-refractivity contribution < 1.29 is 0 Å². The van der Waals surface area contributed by atoms with Gasteiger partial charge in [-0.2, -0.15) is 0 Å². The Balaban J connectivity index is 1.44. The van der Waals surface area contributed by atoms with E-state index >= 15 is 0 Å². The van der Waals surface area contributed by atoms with Crippen LogP contribution in [0.15, 0.2) is 134 Å². The molecule has 0 unspecified atom stereocenters. The van der Waals surface area contributed by atoms with Crippen molar-refractivity contribution in [2.75, 3.05) is 4.90 Å². The van der Waals surface area contributed by atoms with Gasteiger partial charge in [0, 0.05) is 23.4 Å². The quantitative estimate of drug-likeness (QED) is 0.165. The third-order valence-corrected chi connectivity index (χ3v) is 9.52. The number of fused-ring (bicyclic) bond motifs is 1. The van der Waals surface area contributed by atoms with Crippen molar-refractivity contribution in [3.63, 3.8) is 0 Å². The molecule has 1 aromatic heterocycles. The Morgan fingerprint density at radius 2 is 1.08 bits per heavy atom. The molecule has 0 radical (unpaired) electrons. The van der Waals surface area contributed by atoms with E-state index in [0.717, 1.165) is 28.3 Å². The number of hydrogen-bond acceptors (Lipinski definition) is 3. The maximum atomic E-state index is 4.78. The maximum Gasteiger partial charge on any atom is 0.140 e. The fraction of sp³-hybridized carbons (Fsp3) is 0.156. The molecule has 0 aliphatic rings. The number of aromatic nitrogens is 2. The highest BCUT2D eigenvalue weighted by Crippen LogP contribution is 2.44. The average molecular weight is 624 g/mol. The second kappa shape index (κ2) is 12.9. The molecule has 0 N–H and O–H groups in total. The number of aryl methyl sites for hydroxylation is 6. The molecule has 236 valence electrons. The normalized spacial score (nSPS) is 11.3. The monoisotopic (exact) mass is 623 g/mol. The van der Waals surface area contributed by atoms with E-state index in [9.17, 15) is 0 Å². The topological polar surface area (TPSA) is 29.0 Å². The highest BCUT2D eigenvalue weighted by molar-refractivity contribution is 5.97. The second-order valence-corrected chi connectivity index (χ2v) is 13.1. The van der Waals surface area contributed by atoms with E-state index in [4.69, 9.17) is 4.98 Å². The first-order valence-corrected chi connectivity index (χ1v) is 16.7. The smallest absolute Gasteiger partial charge is 0.140 e. The lowest BCUT2D eigenvalue weighted by molar-refractivity contribution is 0.919. The minimum Gasteiger partial charge on any atom is -0.294 e. The van der Waals surface area contributed by atoms with E-state index in [2.05, 4.69) is 167 Å². The summed E-state index contributed by atoms with van der Waals surface area (Å²) < 4.78 is 0. The predicted octanol–water partition coefficient (Wildman–Crippen LogP) is 11.8. The first kappa shape index (κ1) is 31.1. The van der Waals surface area contributed by atoms with Crippen molar-refractivity contribution in [3.05, 3.63) is 184 Å². The van der Waals surface area contributed by atoms with Gasteiger partial charge < -0.3 is 0 Å². The summed E-state index contributed by atoms with van der Waals surface area (Å²) in [5.74, 6) is 0.922. The van der Waals surface area contributed by atoms with Crippen molar-refractivity contribution in [2.24, 2.45) is 0 Å². The minimum atomic E-state index is 0.105. The number of rotatable bonds is 7. The molecule has 0 atom stereocenters. The lowest BCUT2D eigenvalue weighted by Crippen LogP contribution is -2.14. The van der Waals surface area contributed by atoms with Crippen LogP contribution in [0.25, 0.3) is 21.9 Å². The van der Waals surface area contributed by atoms with Crippen LogP contribution >= 0.6 is 0 Å². The van der Waals surface area contributed by atoms with Crippen LogP contribution in [-0.4, -0.2) is 9.97 Å². The number of benzene rings is 6. The van der Waals surface area contributed by atoms with E-state index in [1.807, 2.05) is 12.3 Å². The van der Waals surface area contributed by atoms with Crippen LogP contribution in [0.4, 0.5) is 17.2 Å². The summed E-state index contributed by atoms with van der Waals surface area (Å²) >= 11 is 0. The Hall–Kier alpha value is -5.54. The summed E-state index contributed by atoms with van der Waals surface area (Å²) in [6, 6.07) is 44.2. The number of hydrogen-bond donors (Lipinski definition) is 0. The maximum absolute atomic E-state index is 4.78. The Morgan fingerprint density at radius 3 is 1.62 bits per heavy atom. The molecule has 48 heavy (non-hydrogen) atoms. The Bertz CT molecular complexity index is 2130. The largest absolute Gasteiger partial charge is 0.294 e. The summed E-state index contributed by atoms with van der Waals surface area (Å²) in [5, 5.41) is 2.38. The van der Waals surface area contributed by atoms with E-state index in [-0.39, 0.29) is 5.92 Å². The molecule has 0 spiro atoms. The third-order valence-electron chi connectivity index (χ3n) is 9.52. The van der Waals surface area contributed by atoms with Crippen LogP contribution in [0.2, 0.25) is 0 Å². The van der Waals surface area contributed by atoms with Crippen molar-refractivity contribution in [1.29, 1.82) is 0 Å². The molecule has 6 aromatic carbocycles. The van der Waals surface area contributed by atoms with Gasteiger partial charge in [-0.25, -0.2) is 9.97 Å². The second-order valence-electron chi connectivity index (χ2n) is 13.1. The summed E-state index contributed by atoms with van der Waals surface area (Å²) in [6.45, 7) is 13.4. The predicted molar refractivity (Wildman–Crippen MR) is 202 cm³/mol. The van der Waals surface area contributed by atoms with Gasteiger partial charge in [-0.1, -0.05) is 102 Å². The average Bonchev–Trinajstić information content (AvgIpc) is 3.08. The molecule has 0 saturated carbocycles. The zero-order valence-electron chi connectivity index (χ0n) is 28.6. The first-order chi connectivity index (χ1) is 23.3. The van der Waals surface area contributed by atoms with E-state index < -0.39 is 0 Å². The fourth-order valence-corrected chi connectivity index (χ4v) is 7.66. The summed E-state index contributed by atoms with van der Waals surface area (Å²) in [4.78, 5) is 11.3. The van der Waals surface area contributed by atoms with Crippen LogP contribution in [0.5, 0.6) is 0 Å². The molecule has 0 amide bonds. The van der Waals surface area contributed by atoms with Gasteiger partial charge in [-0.15, -0.1) is 0 Å². The molecule has 3 nitrogen and oxygen atoms in total. The molecule has 7 aromatic rings. The molecule has 0 bridgehead atoms. The SMILES string of the molecule is Cc1cc(C)c(C(c2ccc(N(c3ccncn3)c3cc4ccccc4cc3-c3ccccc3)cc2)c2c(C)cc(C)cc2C)c(C)c1. The zero-order chi connectivity index (χ0) is 33.4. The number of nitrogens with zero attached hydrogens (tertiary/aromatic N) is 3. The molecule has 0 aliphatic carbocycles. The highest BCUT2D eigenvalue weighted by Gasteiger charge is 2.26. The van der Waals surface area contributed by atoms with Crippen LogP contribution in [0.1, 0.15) is 56.0 Å². The lowest BCUT2D eigenvalue weighted by Gasteiger charge is -2.29.